The van der Waals surface area contributed by atoms with Gasteiger partial charge in [-0.15, -0.1) is 12.4 Å². The van der Waals surface area contributed by atoms with Gasteiger partial charge in [0.2, 0.25) is 5.91 Å². The molecule has 1 aromatic rings. The molecule has 1 amide bonds. The van der Waals surface area contributed by atoms with Crippen molar-refractivity contribution >= 4 is 18.3 Å². The summed E-state index contributed by atoms with van der Waals surface area (Å²) < 4.78 is 13.4. The number of hydrogen-bond acceptors (Lipinski definition) is 2. The highest BCUT2D eigenvalue weighted by Crippen LogP contribution is 2.16. The van der Waals surface area contributed by atoms with Gasteiger partial charge in [-0.1, -0.05) is 12.1 Å². The minimum absolute atomic E-state index is 0. The predicted molar refractivity (Wildman–Crippen MR) is 78.1 cm³/mol. The Labute approximate surface area is 120 Å². The van der Waals surface area contributed by atoms with Crippen molar-refractivity contribution in [2.24, 2.45) is 0 Å². The summed E-state index contributed by atoms with van der Waals surface area (Å²) in [6.07, 6.45) is 1.29. The van der Waals surface area contributed by atoms with Gasteiger partial charge in [0.15, 0.2) is 0 Å². The Bertz CT molecular complexity index is 412. The quantitative estimate of drug-likeness (QED) is 0.790. The van der Waals surface area contributed by atoms with Crippen LogP contribution < -0.4 is 10.6 Å². The van der Waals surface area contributed by atoms with Gasteiger partial charge in [-0.05, 0) is 51.1 Å². The van der Waals surface area contributed by atoms with E-state index in [-0.39, 0.29) is 30.2 Å². The fourth-order valence-electron chi connectivity index (χ4n) is 1.70. The van der Waals surface area contributed by atoms with E-state index in [9.17, 15) is 9.18 Å². The summed E-state index contributed by atoms with van der Waals surface area (Å²) in [6, 6.07) is 4.89. The fourth-order valence-corrected chi connectivity index (χ4v) is 1.70. The van der Waals surface area contributed by atoms with Crippen molar-refractivity contribution in [1.82, 2.24) is 10.6 Å². The first-order chi connectivity index (χ1) is 8.54. The smallest absolute Gasteiger partial charge is 0.220 e. The maximum Gasteiger partial charge on any atom is 0.220 e. The van der Waals surface area contributed by atoms with Gasteiger partial charge >= 0.3 is 0 Å². The third-order valence-corrected chi connectivity index (χ3v) is 2.90. The van der Waals surface area contributed by atoms with E-state index in [2.05, 4.69) is 10.6 Å². The lowest BCUT2D eigenvalue weighted by atomic mass is 10.1. The van der Waals surface area contributed by atoms with Gasteiger partial charge in [-0.25, -0.2) is 4.39 Å². The molecule has 2 N–H and O–H groups in total. The topological polar surface area (TPSA) is 41.1 Å². The lowest BCUT2D eigenvalue weighted by Gasteiger charge is -2.15. The summed E-state index contributed by atoms with van der Waals surface area (Å²) in [6.45, 7) is 4.40. The molecule has 5 heteroatoms. The maximum absolute atomic E-state index is 13.4. The zero-order chi connectivity index (χ0) is 13.5. The van der Waals surface area contributed by atoms with Gasteiger partial charge in [0, 0.05) is 6.42 Å². The second-order valence-corrected chi connectivity index (χ2v) is 4.50. The minimum atomic E-state index is -0.233. The van der Waals surface area contributed by atoms with Crippen LogP contribution in [0.2, 0.25) is 0 Å². The van der Waals surface area contributed by atoms with E-state index in [0.717, 1.165) is 18.5 Å². The van der Waals surface area contributed by atoms with E-state index in [1.807, 2.05) is 20.0 Å². The number of rotatable bonds is 6. The van der Waals surface area contributed by atoms with E-state index < -0.39 is 0 Å². The average molecular weight is 289 g/mol. The number of nitrogens with one attached hydrogen (secondary N) is 2. The molecule has 0 bridgehead atoms. The van der Waals surface area contributed by atoms with Crippen molar-refractivity contribution in [3.63, 3.8) is 0 Å². The van der Waals surface area contributed by atoms with Crippen molar-refractivity contribution < 1.29 is 9.18 Å². The normalized spacial score (nSPS) is 11.6. The SMILES string of the molecule is CNCCCC(=O)NC(C)c1ccc(C)c(F)c1.Cl. The summed E-state index contributed by atoms with van der Waals surface area (Å²) >= 11 is 0. The Morgan fingerprint density at radius 3 is 2.68 bits per heavy atom. The van der Waals surface area contributed by atoms with Crippen molar-refractivity contribution in [2.75, 3.05) is 13.6 Å². The van der Waals surface area contributed by atoms with Crippen LogP contribution >= 0.6 is 12.4 Å². The Balaban J connectivity index is 0.00000324. The summed E-state index contributed by atoms with van der Waals surface area (Å²) in [5.41, 5.74) is 1.41. The molecule has 0 aliphatic rings. The van der Waals surface area contributed by atoms with Crippen LogP contribution in [0.5, 0.6) is 0 Å². The molecule has 0 aliphatic carbocycles. The highest BCUT2D eigenvalue weighted by molar-refractivity contribution is 5.85. The number of aryl methyl sites for hydroxylation is 1. The summed E-state index contributed by atoms with van der Waals surface area (Å²) in [4.78, 5) is 11.6. The molecule has 1 aromatic carbocycles. The predicted octanol–water partition coefficient (Wildman–Crippen LogP) is 2.73. The second kappa shape index (κ2) is 8.88. The Hall–Kier alpha value is -1.13. The van der Waals surface area contributed by atoms with E-state index in [1.165, 1.54) is 6.07 Å². The molecule has 0 fully saturated rings. The number of halogens is 2. The monoisotopic (exact) mass is 288 g/mol. The molecular weight excluding hydrogens is 267 g/mol. The first-order valence-electron chi connectivity index (χ1n) is 6.24. The Morgan fingerprint density at radius 2 is 2.11 bits per heavy atom. The number of carbonyl (C=O) groups excluding carboxylic acids is 1. The molecule has 1 rings (SSSR count). The van der Waals surface area contributed by atoms with Gasteiger partial charge in [0.25, 0.3) is 0 Å². The average Bonchev–Trinajstić information content (AvgIpc) is 2.33. The first kappa shape index (κ1) is 17.9. The van der Waals surface area contributed by atoms with E-state index in [0.29, 0.717) is 12.0 Å². The number of benzene rings is 1. The molecule has 1 atom stereocenters. The maximum atomic E-state index is 13.4. The first-order valence-corrected chi connectivity index (χ1v) is 6.24. The molecule has 0 saturated carbocycles. The van der Waals surface area contributed by atoms with E-state index >= 15 is 0 Å². The molecule has 108 valence electrons. The second-order valence-electron chi connectivity index (χ2n) is 4.50. The van der Waals surface area contributed by atoms with Gasteiger partial charge in [-0.2, -0.15) is 0 Å². The zero-order valence-corrected chi connectivity index (χ0v) is 12.4. The molecular formula is C14H22ClFN2O. The lowest BCUT2D eigenvalue weighted by molar-refractivity contribution is -0.121. The molecule has 0 saturated heterocycles. The number of amides is 1. The molecule has 0 heterocycles. The van der Waals surface area contributed by atoms with Crippen LogP contribution in [0.15, 0.2) is 18.2 Å². The van der Waals surface area contributed by atoms with Crippen LogP contribution in [-0.2, 0) is 4.79 Å². The zero-order valence-electron chi connectivity index (χ0n) is 11.6. The molecule has 0 aliphatic heterocycles. The third-order valence-electron chi connectivity index (χ3n) is 2.90. The third kappa shape index (κ3) is 6.03. The molecule has 0 spiro atoms. The largest absolute Gasteiger partial charge is 0.350 e. The highest BCUT2D eigenvalue weighted by atomic mass is 35.5. The summed E-state index contributed by atoms with van der Waals surface area (Å²) in [7, 11) is 1.86. The fraction of sp³-hybridized carbons (Fsp3) is 0.500. The Kier molecular flexibility index (Phi) is 8.35. The van der Waals surface area contributed by atoms with Crippen LogP contribution in [-0.4, -0.2) is 19.5 Å². The molecule has 1 unspecified atom stereocenters. The molecule has 0 radical (unpaired) electrons. The van der Waals surface area contributed by atoms with Gasteiger partial charge in [0.1, 0.15) is 5.82 Å². The van der Waals surface area contributed by atoms with E-state index in [4.69, 9.17) is 0 Å². The van der Waals surface area contributed by atoms with Crippen LogP contribution in [0.4, 0.5) is 4.39 Å². The summed E-state index contributed by atoms with van der Waals surface area (Å²) in [5.74, 6) is -0.234. The van der Waals surface area contributed by atoms with Crippen molar-refractivity contribution in [2.45, 2.75) is 32.7 Å². The van der Waals surface area contributed by atoms with Gasteiger partial charge in [-0.3, -0.25) is 4.79 Å². The summed E-state index contributed by atoms with van der Waals surface area (Å²) in [5, 5.41) is 5.86. The Morgan fingerprint density at radius 1 is 1.42 bits per heavy atom. The van der Waals surface area contributed by atoms with Crippen LogP contribution in [0, 0.1) is 12.7 Å². The van der Waals surface area contributed by atoms with Crippen LogP contribution in [0.25, 0.3) is 0 Å². The van der Waals surface area contributed by atoms with Crippen molar-refractivity contribution in [3.8, 4) is 0 Å². The standard InChI is InChI=1S/C14H21FN2O.ClH/c1-10-6-7-12(9-13(10)15)11(2)17-14(18)5-4-8-16-3;/h6-7,9,11,16H,4-5,8H2,1-3H3,(H,17,18);1H. The molecule has 3 nitrogen and oxygen atoms in total. The van der Waals surface area contributed by atoms with Crippen LogP contribution in [0.3, 0.4) is 0 Å². The minimum Gasteiger partial charge on any atom is -0.350 e. The van der Waals surface area contributed by atoms with Gasteiger partial charge < -0.3 is 10.6 Å². The van der Waals surface area contributed by atoms with Gasteiger partial charge in [0.05, 0.1) is 6.04 Å². The van der Waals surface area contributed by atoms with Crippen molar-refractivity contribution in [1.29, 1.82) is 0 Å². The molecule has 19 heavy (non-hydrogen) atoms. The number of carbonyl (C=O) groups is 1. The lowest BCUT2D eigenvalue weighted by Crippen LogP contribution is -2.27. The number of hydrogen-bond donors (Lipinski definition) is 2. The van der Waals surface area contributed by atoms with E-state index in [1.54, 1.807) is 13.0 Å². The molecule has 0 aromatic heterocycles. The van der Waals surface area contributed by atoms with Crippen LogP contribution in [0.1, 0.15) is 36.9 Å². The van der Waals surface area contributed by atoms with Crippen molar-refractivity contribution in [3.05, 3.63) is 35.1 Å². The highest BCUT2D eigenvalue weighted by Gasteiger charge is 2.10.